The van der Waals surface area contributed by atoms with Crippen LogP contribution in [-0.4, -0.2) is 22.7 Å². The maximum absolute atomic E-state index is 12.0. The van der Waals surface area contributed by atoms with Crippen LogP contribution in [0.25, 0.3) is 0 Å². The van der Waals surface area contributed by atoms with Gasteiger partial charge in [-0.2, -0.15) is 11.8 Å². The molecule has 0 aliphatic carbocycles. The molecule has 1 aromatic rings. The van der Waals surface area contributed by atoms with E-state index in [2.05, 4.69) is 19.2 Å². The fourth-order valence-corrected chi connectivity index (χ4v) is 3.09. The Labute approximate surface area is 136 Å². The molecule has 22 heavy (non-hydrogen) atoms. The Hall–Kier alpha value is -1.49. The molecule has 4 nitrogen and oxygen atoms in total. The monoisotopic (exact) mass is 323 g/mol. The molecule has 0 saturated heterocycles. The summed E-state index contributed by atoms with van der Waals surface area (Å²) in [5, 5.41) is 11.5. The zero-order valence-electron chi connectivity index (χ0n) is 13.3. The van der Waals surface area contributed by atoms with Gasteiger partial charge in [-0.15, -0.1) is 0 Å². The predicted octanol–water partition coefficient (Wildman–Crippen LogP) is 4.16. The average molecular weight is 323 g/mol. The first-order valence-corrected chi connectivity index (χ1v) is 8.85. The second-order valence-corrected chi connectivity index (χ2v) is 6.65. The predicted molar refractivity (Wildman–Crippen MR) is 92.2 cm³/mol. The number of carbonyl (C=O) groups is 2. The van der Waals surface area contributed by atoms with Crippen molar-refractivity contribution in [2.75, 3.05) is 11.1 Å². The molecule has 0 radical (unpaired) electrons. The Morgan fingerprint density at radius 2 is 2.14 bits per heavy atom. The quantitative estimate of drug-likeness (QED) is 0.635. The maximum atomic E-state index is 12.0. The lowest BCUT2D eigenvalue weighted by atomic mass is 10.0. The Bertz CT molecular complexity index is 491. The van der Waals surface area contributed by atoms with Crippen LogP contribution in [0.15, 0.2) is 24.3 Å². The highest BCUT2D eigenvalue weighted by atomic mass is 32.2. The molecule has 5 heteroatoms. The Kier molecular flexibility index (Phi) is 8.67. The summed E-state index contributed by atoms with van der Waals surface area (Å²) in [5.41, 5.74) is 1.90. The standard InChI is InChI=1S/C17H25NO3S/c1-3-5-13(2)10-16(19)18-15-7-4-6-14(11-15)12-22-9-8-17(20)21/h4,6-7,11,13H,3,5,8-10,12H2,1-2H3,(H,18,19)(H,20,21). The van der Waals surface area contributed by atoms with Gasteiger partial charge in [-0.1, -0.05) is 38.8 Å². The maximum Gasteiger partial charge on any atom is 0.304 e. The number of hydrogen-bond donors (Lipinski definition) is 2. The minimum Gasteiger partial charge on any atom is -0.481 e. The number of thioether (sulfide) groups is 1. The Morgan fingerprint density at radius 3 is 2.82 bits per heavy atom. The summed E-state index contributed by atoms with van der Waals surface area (Å²) >= 11 is 1.59. The van der Waals surface area contributed by atoms with Crippen LogP contribution in [0.1, 0.15) is 45.1 Å². The fraction of sp³-hybridized carbons (Fsp3) is 0.529. The van der Waals surface area contributed by atoms with E-state index in [0.29, 0.717) is 18.1 Å². The van der Waals surface area contributed by atoms with Crippen LogP contribution in [0.3, 0.4) is 0 Å². The van der Waals surface area contributed by atoms with Crippen molar-refractivity contribution in [1.82, 2.24) is 0 Å². The number of carboxylic acids is 1. The van der Waals surface area contributed by atoms with E-state index in [1.165, 1.54) is 0 Å². The third kappa shape index (κ3) is 8.08. The molecular formula is C17H25NO3S. The first-order chi connectivity index (χ1) is 10.5. The van der Waals surface area contributed by atoms with Gasteiger partial charge >= 0.3 is 5.97 Å². The number of anilines is 1. The largest absolute Gasteiger partial charge is 0.481 e. The van der Waals surface area contributed by atoms with E-state index >= 15 is 0 Å². The molecular weight excluding hydrogens is 298 g/mol. The van der Waals surface area contributed by atoms with Gasteiger partial charge in [0.2, 0.25) is 5.91 Å². The first-order valence-electron chi connectivity index (χ1n) is 7.69. The molecule has 1 rings (SSSR count). The van der Waals surface area contributed by atoms with Crippen LogP contribution in [0.4, 0.5) is 5.69 Å². The van der Waals surface area contributed by atoms with Gasteiger partial charge in [0, 0.05) is 23.6 Å². The highest BCUT2D eigenvalue weighted by molar-refractivity contribution is 7.98. The van der Waals surface area contributed by atoms with Crippen molar-refractivity contribution < 1.29 is 14.7 Å². The van der Waals surface area contributed by atoms with Crippen LogP contribution in [0.5, 0.6) is 0 Å². The molecule has 1 atom stereocenters. The minimum absolute atomic E-state index is 0.0524. The number of nitrogens with one attached hydrogen (secondary N) is 1. The van der Waals surface area contributed by atoms with Crippen molar-refractivity contribution in [2.24, 2.45) is 5.92 Å². The number of rotatable bonds is 10. The number of aliphatic carboxylic acids is 1. The number of amides is 1. The highest BCUT2D eigenvalue weighted by Gasteiger charge is 2.09. The molecule has 0 spiro atoms. The van der Waals surface area contributed by atoms with E-state index in [1.807, 2.05) is 24.3 Å². The van der Waals surface area contributed by atoms with Gasteiger partial charge in [0.25, 0.3) is 0 Å². The first kappa shape index (κ1) is 18.6. The van der Waals surface area contributed by atoms with Gasteiger partial charge in [0.15, 0.2) is 0 Å². The van der Waals surface area contributed by atoms with Crippen LogP contribution in [-0.2, 0) is 15.3 Å². The summed E-state index contributed by atoms with van der Waals surface area (Å²) in [7, 11) is 0. The van der Waals surface area contributed by atoms with E-state index in [4.69, 9.17) is 5.11 Å². The smallest absolute Gasteiger partial charge is 0.304 e. The third-order valence-corrected chi connectivity index (χ3v) is 4.29. The Balaban J connectivity index is 2.43. The third-order valence-electron chi connectivity index (χ3n) is 3.26. The zero-order valence-corrected chi connectivity index (χ0v) is 14.1. The van der Waals surface area contributed by atoms with E-state index in [9.17, 15) is 9.59 Å². The molecule has 0 aliphatic heterocycles. The van der Waals surface area contributed by atoms with E-state index in [0.717, 1.165) is 29.8 Å². The summed E-state index contributed by atoms with van der Waals surface area (Å²) in [6.45, 7) is 4.22. The normalized spacial score (nSPS) is 11.9. The van der Waals surface area contributed by atoms with E-state index in [-0.39, 0.29) is 12.3 Å². The van der Waals surface area contributed by atoms with Crippen molar-refractivity contribution in [2.45, 2.75) is 45.3 Å². The van der Waals surface area contributed by atoms with Crippen molar-refractivity contribution in [3.05, 3.63) is 29.8 Å². The lowest BCUT2D eigenvalue weighted by Crippen LogP contribution is -2.15. The minimum atomic E-state index is -0.769. The van der Waals surface area contributed by atoms with Gasteiger partial charge in [-0.25, -0.2) is 0 Å². The second kappa shape index (κ2) is 10.3. The van der Waals surface area contributed by atoms with Gasteiger partial charge < -0.3 is 10.4 Å². The molecule has 0 aromatic heterocycles. The molecule has 2 N–H and O–H groups in total. The fourth-order valence-electron chi connectivity index (χ4n) is 2.21. The van der Waals surface area contributed by atoms with Gasteiger partial charge in [0.05, 0.1) is 6.42 Å². The van der Waals surface area contributed by atoms with Crippen molar-refractivity contribution in [1.29, 1.82) is 0 Å². The molecule has 0 aliphatic rings. The van der Waals surface area contributed by atoms with Crippen molar-refractivity contribution in [3.63, 3.8) is 0 Å². The van der Waals surface area contributed by atoms with Gasteiger partial charge in [-0.05, 0) is 23.6 Å². The SMILES string of the molecule is CCCC(C)CC(=O)Nc1cccc(CSCCC(=O)O)c1. The molecule has 0 saturated carbocycles. The molecule has 122 valence electrons. The van der Waals surface area contributed by atoms with Crippen LogP contribution >= 0.6 is 11.8 Å². The highest BCUT2D eigenvalue weighted by Crippen LogP contribution is 2.18. The number of hydrogen-bond acceptors (Lipinski definition) is 3. The van der Waals surface area contributed by atoms with Crippen LogP contribution < -0.4 is 5.32 Å². The summed E-state index contributed by atoms with van der Waals surface area (Å²) in [4.78, 5) is 22.4. The van der Waals surface area contributed by atoms with Crippen molar-refractivity contribution in [3.8, 4) is 0 Å². The zero-order chi connectivity index (χ0) is 16.4. The van der Waals surface area contributed by atoms with Crippen LogP contribution in [0.2, 0.25) is 0 Å². The summed E-state index contributed by atoms with van der Waals surface area (Å²) in [6, 6.07) is 7.74. The van der Waals surface area contributed by atoms with E-state index < -0.39 is 5.97 Å². The number of benzene rings is 1. The molecule has 1 aromatic carbocycles. The molecule has 1 unspecified atom stereocenters. The number of carboxylic acid groups (broad SMARTS) is 1. The Morgan fingerprint density at radius 1 is 1.36 bits per heavy atom. The van der Waals surface area contributed by atoms with E-state index in [1.54, 1.807) is 11.8 Å². The number of carbonyl (C=O) groups excluding carboxylic acids is 1. The lowest BCUT2D eigenvalue weighted by molar-refractivity contribution is -0.136. The topological polar surface area (TPSA) is 66.4 Å². The summed E-state index contributed by atoms with van der Waals surface area (Å²) < 4.78 is 0. The van der Waals surface area contributed by atoms with Crippen molar-refractivity contribution >= 4 is 29.3 Å². The summed E-state index contributed by atoms with van der Waals surface area (Å²) in [5.74, 6) is 1.04. The van der Waals surface area contributed by atoms with Gasteiger partial charge in [-0.3, -0.25) is 9.59 Å². The molecule has 0 bridgehead atoms. The average Bonchev–Trinajstić information content (AvgIpc) is 2.44. The molecule has 0 heterocycles. The van der Waals surface area contributed by atoms with Gasteiger partial charge in [0.1, 0.15) is 0 Å². The molecule has 0 fully saturated rings. The second-order valence-electron chi connectivity index (χ2n) is 5.54. The molecule has 1 amide bonds. The van der Waals surface area contributed by atoms with Crippen LogP contribution in [0, 0.1) is 5.92 Å². The summed E-state index contributed by atoms with van der Waals surface area (Å²) in [6.07, 6.45) is 2.88. The lowest BCUT2D eigenvalue weighted by Gasteiger charge is -2.11.